The molecule has 2 aromatic rings. The van der Waals surface area contributed by atoms with Gasteiger partial charge in [0.2, 0.25) is 0 Å². The lowest BCUT2D eigenvalue weighted by atomic mass is 9.91. The molecule has 0 spiro atoms. The van der Waals surface area contributed by atoms with Gasteiger partial charge in [-0.1, -0.05) is 43.1 Å². The molecule has 3 N–H and O–H groups in total. The van der Waals surface area contributed by atoms with Gasteiger partial charge in [-0.05, 0) is 99.7 Å². The van der Waals surface area contributed by atoms with Gasteiger partial charge in [0.15, 0.2) is 6.10 Å². The summed E-state index contributed by atoms with van der Waals surface area (Å²) in [6.45, 7) is 6.07. The van der Waals surface area contributed by atoms with Crippen molar-refractivity contribution in [1.29, 1.82) is 0 Å². The molecule has 0 saturated carbocycles. The Morgan fingerprint density at radius 3 is 2.28 bits per heavy atom. The van der Waals surface area contributed by atoms with Gasteiger partial charge in [0.05, 0.1) is 22.9 Å². The lowest BCUT2D eigenvalue weighted by Crippen LogP contribution is -2.53. The van der Waals surface area contributed by atoms with E-state index >= 15 is 0 Å². The third-order valence-corrected chi connectivity index (χ3v) is 12.2. The topological polar surface area (TPSA) is 138 Å². The smallest absolute Gasteiger partial charge is 0.418 e. The lowest BCUT2D eigenvalue weighted by Gasteiger charge is -2.42. The molecule has 4 aliphatic rings. The maximum absolute atomic E-state index is 14.1. The highest BCUT2D eigenvalue weighted by atomic mass is 35.5. The number of anilines is 2. The molecule has 4 amide bonds. The van der Waals surface area contributed by atoms with Crippen LogP contribution in [0.4, 0.5) is 34.1 Å². The summed E-state index contributed by atoms with van der Waals surface area (Å²) in [5, 5.41) is 2.68. The third kappa shape index (κ3) is 10.8. The minimum Gasteiger partial charge on any atom is -0.466 e. The second-order valence-corrected chi connectivity index (χ2v) is 16.1. The summed E-state index contributed by atoms with van der Waals surface area (Å²) in [4.78, 5) is 60.5. The first-order valence-electron chi connectivity index (χ1n) is 20.2. The van der Waals surface area contributed by atoms with Gasteiger partial charge in [-0.25, -0.2) is 9.59 Å². The van der Waals surface area contributed by atoms with Crippen LogP contribution in [0.2, 0.25) is 5.02 Å². The SMILES string of the molecule is CCCCOC(=O)CC1CCN(C2CCN(C(=O)[C@@H](Cc3cc(Cl)c(N)c(C(F)(F)F)c3)OC(=O)N3CCC(N4CCc5ccccc5NC4=O)CC3)CC2)CC1. The van der Waals surface area contributed by atoms with Crippen LogP contribution in [-0.2, 0) is 38.1 Å². The molecule has 2 aromatic carbocycles. The van der Waals surface area contributed by atoms with E-state index in [0.717, 1.165) is 56.1 Å². The molecule has 312 valence electrons. The van der Waals surface area contributed by atoms with E-state index < -0.39 is 35.5 Å². The van der Waals surface area contributed by atoms with Gasteiger partial charge in [0.25, 0.3) is 5.91 Å². The molecule has 0 unspecified atom stereocenters. The van der Waals surface area contributed by atoms with Gasteiger partial charge in [-0.2, -0.15) is 13.2 Å². The van der Waals surface area contributed by atoms with Crippen molar-refractivity contribution in [3.05, 3.63) is 58.1 Å². The number of carbonyl (C=O) groups excluding carboxylic acids is 4. The number of halogens is 4. The number of fused-ring (bicyclic) bond motifs is 1. The number of benzene rings is 2. The number of rotatable bonds is 11. The minimum absolute atomic E-state index is 0.0616. The second kappa shape index (κ2) is 19.0. The molecule has 6 rings (SSSR count). The minimum atomic E-state index is -4.79. The number of para-hydroxylation sites is 1. The number of ether oxygens (including phenoxy) is 2. The summed E-state index contributed by atoms with van der Waals surface area (Å²) in [6, 6.07) is 9.73. The lowest BCUT2D eigenvalue weighted by molar-refractivity contribution is -0.145. The van der Waals surface area contributed by atoms with E-state index in [-0.39, 0.29) is 60.1 Å². The zero-order valence-corrected chi connectivity index (χ0v) is 33.3. The molecule has 4 heterocycles. The van der Waals surface area contributed by atoms with Crippen molar-refractivity contribution in [2.75, 3.05) is 63.5 Å². The van der Waals surface area contributed by atoms with Crippen molar-refractivity contribution in [2.45, 2.75) is 102 Å². The Morgan fingerprint density at radius 2 is 1.60 bits per heavy atom. The number of nitrogen functional groups attached to an aromatic ring is 1. The maximum Gasteiger partial charge on any atom is 0.418 e. The van der Waals surface area contributed by atoms with E-state index in [0.29, 0.717) is 64.8 Å². The van der Waals surface area contributed by atoms with E-state index in [1.54, 1.807) is 9.80 Å². The second-order valence-electron chi connectivity index (χ2n) is 15.7. The fourth-order valence-corrected chi connectivity index (χ4v) is 8.76. The van der Waals surface area contributed by atoms with Crippen molar-refractivity contribution < 1.29 is 41.8 Å². The molecule has 16 heteroatoms. The van der Waals surface area contributed by atoms with Gasteiger partial charge in [0.1, 0.15) is 0 Å². The highest BCUT2D eigenvalue weighted by Gasteiger charge is 2.39. The Kier molecular flexibility index (Phi) is 14.1. The van der Waals surface area contributed by atoms with Gasteiger partial charge in [0, 0.05) is 63.3 Å². The van der Waals surface area contributed by atoms with Gasteiger partial charge >= 0.3 is 24.3 Å². The van der Waals surface area contributed by atoms with Gasteiger partial charge < -0.3 is 40.1 Å². The molecule has 12 nitrogen and oxygen atoms in total. The monoisotopic (exact) mass is 818 g/mol. The quantitative estimate of drug-likeness (QED) is 0.141. The van der Waals surface area contributed by atoms with Gasteiger partial charge in [-0.3, -0.25) is 9.59 Å². The van der Waals surface area contributed by atoms with E-state index in [1.807, 2.05) is 24.3 Å². The number of amides is 4. The number of unbranched alkanes of at least 4 members (excludes halogenated alkanes) is 1. The first-order chi connectivity index (χ1) is 27.3. The molecule has 0 aromatic heterocycles. The molecule has 57 heavy (non-hydrogen) atoms. The number of esters is 1. The number of likely N-dealkylation sites (tertiary alicyclic amines) is 3. The highest BCUT2D eigenvalue weighted by Crippen LogP contribution is 2.38. The Balaban J connectivity index is 1.07. The van der Waals surface area contributed by atoms with Crippen molar-refractivity contribution in [2.24, 2.45) is 5.92 Å². The van der Waals surface area contributed by atoms with E-state index in [1.165, 1.54) is 11.0 Å². The molecule has 3 fully saturated rings. The van der Waals surface area contributed by atoms with Crippen LogP contribution < -0.4 is 11.1 Å². The predicted molar refractivity (Wildman–Crippen MR) is 210 cm³/mol. The number of hydrogen-bond acceptors (Lipinski definition) is 8. The zero-order valence-electron chi connectivity index (χ0n) is 32.5. The van der Waals surface area contributed by atoms with Crippen LogP contribution in [0.25, 0.3) is 0 Å². The fraction of sp³-hybridized carbons (Fsp3) is 0.610. The summed E-state index contributed by atoms with van der Waals surface area (Å²) in [5.41, 5.74) is 5.84. The number of carbonyl (C=O) groups is 4. The summed E-state index contributed by atoms with van der Waals surface area (Å²) >= 11 is 6.14. The first kappa shape index (κ1) is 42.4. The predicted octanol–water partition coefficient (Wildman–Crippen LogP) is 6.98. The number of alkyl halides is 3. The first-order valence-corrected chi connectivity index (χ1v) is 20.6. The normalized spacial score (nSPS) is 19.7. The Labute approximate surface area is 337 Å². The van der Waals surface area contributed by atoms with Crippen LogP contribution in [0.5, 0.6) is 0 Å². The zero-order chi connectivity index (χ0) is 40.7. The number of nitrogens with two attached hydrogens (primary N) is 1. The summed E-state index contributed by atoms with van der Waals surface area (Å²) in [6.07, 6.45) is -0.173. The van der Waals surface area contributed by atoms with Crippen LogP contribution in [0.1, 0.15) is 81.4 Å². The number of hydrogen-bond donors (Lipinski definition) is 2. The molecule has 0 bridgehead atoms. The van der Waals surface area contributed by atoms with Crippen LogP contribution >= 0.6 is 11.6 Å². The largest absolute Gasteiger partial charge is 0.466 e. The van der Waals surface area contributed by atoms with E-state index in [9.17, 15) is 32.3 Å². The summed E-state index contributed by atoms with van der Waals surface area (Å²) < 4.78 is 52.9. The molecule has 4 aliphatic heterocycles. The molecule has 0 aliphatic carbocycles. The third-order valence-electron chi connectivity index (χ3n) is 11.9. The van der Waals surface area contributed by atoms with Crippen molar-refractivity contribution >= 4 is 47.0 Å². The molecule has 0 radical (unpaired) electrons. The van der Waals surface area contributed by atoms with Crippen molar-refractivity contribution in [1.82, 2.24) is 19.6 Å². The average Bonchev–Trinajstić information content (AvgIpc) is 3.36. The van der Waals surface area contributed by atoms with E-state index in [4.69, 9.17) is 26.8 Å². The van der Waals surface area contributed by atoms with Crippen LogP contribution in [0, 0.1) is 5.92 Å². The molecule has 3 saturated heterocycles. The van der Waals surface area contributed by atoms with Crippen molar-refractivity contribution in [3.8, 4) is 0 Å². The Bertz CT molecular complexity index is 1740. The summed E-state index contributed by atoms with van der Waals surface area (Å²) in [7, 11) is 0. The number of nitrogens with one attached hydrogen (secondary N) is 1. The van der Waals surface area contributed by atoms with Gasteiger partial charge in [-0.15, -0.1) is 0 Å². The van der Waals surface area contributed by atoms with Crippen molar-refractivity contribution in [3.63, 3.8) is 0 Å². The van der Waals surface area contributed by atoms with Crippen LogP contribution in [-0.4, -0.2) is 114 Å². The number of urea groups is 1. The molecular weight excluding hydrogens is 765 g/mol. The highest BCUT2D eigenvalue weighted by molar-refractivity contribution is 6.33. The number of piperidine rings is 3. The van der Waals surface area contributed by atoms with Crippen LogP contribution in [0.3, 0.4) is 0 Å². The standard InChI is InChI=1S/C41H54ClF3N6O6/c1-2-3-22-56-36(52)26-27-8-15-48(16-9-27)30-11-17-49(18-12-30)38(53)35(25-28-23-32(41(43,44)45)37(46)33(42)24-28)57-40(55)50-19-13-31(14-20-50)51-21-10-29-6-4-5-7-34(29)47-39(51)54/h4-7,23-24,27,30-31,35H,2-3,8-22,25-26,46H2,1H3,(H,47,54)/t35-/m1/s1. The number of nitrogens with zero attached hydrogens (tertiary/aromatic N) is 4. The maximum atomic E-state index is 14.1. The molecule has 1 atom stereocenters. The Morgan fingerprint density at radius 1 is 0.930 bits per heavy atom. The fourth-order valence-electron chi connectivity index (χ4n) is 8.52. The Hall–Kier alpha value is -4.24. The molecular formula is C41H54ClF3N6O6. The average molecular weight is 819 g/mol. The van der Waals surface area contributed by atoms with E-state index in [2.05, 4.69) is 17.1 Å². The van der Waals surface area contributed by atoms with Crippen LogP contribution in [0.15, 0.2) is 36.4 Å². The summed E-state index contributed by atoms with van der Waals surface area (Å²) in [5.74, 6) is -0.346.